The van der Waals surface area contributed by atoms with Crippen LogP contribution < -0.4 is 0 Å². The van der Waals surface area contributed by atoms with Crippen molar-refractivity contribution in [3.63, 3.8) is 0 Å². The van der Waals surface area contributed by atoms with E-state index in [1.54, 1.807) is 0 Å². The Bertz CT molecular complexity index is 2840. The fourth-order valence-electron chi connectivity index (χ4n) is 7.22. The van der Waals surface area contributed by atoms with Crippen molar-refractivity contribution in [2.75, 3.05) is 0 Å². The smallest absolute Gasteiger partial charge is 0.0978 e. The number of aromatic nitrogens is 3. The zero-order valence-corrected chi connectivity index (χ0v) is 26.9. The quantitative estimate of drug-likeness (QED) is 0.0826. The highest BCUT2D eigenvalue weighted by Crippen LogP contribution is 2.42. The standard InChI is InChI=1S/C45H30N4/c1-3-4-15-41(46-2)42-18-9-17-39(48-42)29-20-22-33-34-23-21-30(27-38(34)32-13-6-5-12-31(32)37(33)26-29)43-35-14-7-8-16-40(35)49-45-36(43)24-19-28-11-10-25-47-44(28)45/h3-27H,2H2,1H3/b4-3-,41-15-. The van der Waals surface area contributed by atoms with Gasteiger partial charge in [0.05, 0.1) is 33.6 Å². The van der Waals surface area contributed by atoms with Gasteiger partial charge in [0.25, 0.3) is 0 Å². The van der Waals surface area contributed by atoms with Gasteiger partial charge in [-0.05, 0) is 94.0 Å². The lowest BCUT2D eigenvalue weighted by Gasteiger charge is -2.16. The maximum Gasteiger partial charge on any atom is 0.0978 e. The minimum atomic E-state index is 0.743. The van der Waals surface area contributed by atoms with Crippen molar-refractivity contribution in [3.05, 3.63) is 158 Å². The molecule has 9 rings (SSSR count). The molecule has 0 unspecified atom stereocenters. The molecular weight excluding hydrogens is 597 g/mol. The van der Waals surface area contributed by atoms with E-state index < -0.39 is 0 Å². The van der Waals surface area contributed by atoms with E-state index in [0.717, 1.165) is 60.9 Å². The van der Waals surface area contributed by atoms with Gasteiger partial charge < -0.3 is 0 Å². The highest BCUT2D eigenvalue weighted by Gasteiger charge is 2.17. The van der Waals surface area contributed by atoms with Gasteiger partial charge in [0, 0.05) is 33.5 Å². The summed E-state index contributed by atoms with van der Waals surface area (Å²) in [5, 5.41) is 10.6. The average Bonchev–Trinajstić information content (AvgIpc) is 3.17. The molecule has 0 saturated heterocycles. The van der Waals surface area contributed by atoms with E-state index in [-0.39, 0.29) is 0 Å². The molecule has 0 amide bonds. The van der Waals surface area contributed by atoms with Crippen LogP contribution in [-0.4, -0.2) is 21.7 Å². The number of allylic oxidation sites excluding steroid dienone is 3. The molecular formula is C45H30N4. The number of aliphatic imine (C=N–C) groups is 1. The molecule has 0 N–H and O–H groups in total. The van der Waals surface area contributed by atoms with Crippen molar-refractivity contribution in [2.24, 2.45) is 4.99 Å². The summed E-state index contributed by atoms with van der Waals surface area (Å²) in [6, 6.07) is 45.2. The Hall–Kier alpha value is -6.52. The van der Waals surface area contributed by atoms with Crippen LogP contribution in [0.1, 0.15) is 12.6 Å². The molecule has 0 spiro atoms. The van der Waals surface area contributed by atoms with Gasteiger partial charge in [-0.1, -0.05) is 103 Å². The number of nitrogens with zero attached hydrogens (tertiary/aromatic N) is 4. The van der Waals surface area contributed by atoms with Crippen molar-refractivity contribution in [1.82, 2.24) is 15.0 Å². The summed E-state index contributed by atoms with van der Waals surface area (Å²) in [5.41, 5.74) is 8.63. The lowest BCUT2D eigenvalue weighted by molar-refractivity contribution is 1.26. The average molecular weight is 627 g/mol. The van der Waals surface area contributed by atoms with Crippen molar-refractivity contribution < 1.29 is 0 Å². The van der Waals surface area contributed by atoms with Gasteiger partial charge >= 0.3 is 0 Å². The number of para-hydroxylation sites is 1. The minimum Gasteiger partial charge on any atom is -0.262 e. The zero-order valence-electron chi connectivity index (χ0n) is 26.9. The van der Waals surface area contributed by atoms with Crippen LogP contribution in [0.15, 0.2) is 157 Å². The fraction of sp³-hybridized carbons (Fsp3) is 0.0222. The Morgan fingerprint density at radius 2 is 1.29 bits per heavy atom. The molecule has 0 saturated carbocycles. The molecule has 3 heterocycles. The summed E-state index contributed by atoms with van der Waals surface area (Å²) >= 11 is 0. The number of hydrogen-bond acceptors (Lipinski definition) is 4. The number of benzene rings is 6. The Kier molecular flexibility index (Phi) is 6.80. The third-order valence-corrected chi connectivity index (χ3v) is 9.47. The van der Waals surface area contributed by atoms with Gasteiger partial charge in [0.2, 0.25) is 0 Å². The van der Waals surface area contributed by atoms with Gasteiger partial charge in [-0.25, -0.2) is 9.97 Å². The molecule has 9 aromatic rings. The monoisotopic (exact) mass is 626 g/mol. The molecule has 0 atom stereocenters. The summed E-state index contributed by atoms with van der Waals surface area (Å²) in [7, 11) is 0. The van der Waals surface area contributed by atoms with Gasteiger partial charge in [-0.2, -0.15) is 0 Å². The van der Waals surface area contributed by atoms with Crippen molar-refractivity contribution in [2.45, 2.75) is 6.92 Å². The molecule has 0 radical (unpaired) electrons. The molecule has 4 nitrogen and oxygen atoms in total. The van der Waals surface area contributed by atoms with Crippen LogP contribution in [0.3, 0.4) is 0 Å². The number of pyridine rings is 3. The van der Waals surface area contributed by atoms with Gasteiger partial charge in [0.1, 0.15) is 0 Å². The van der Waals surface area contributed by atoms with E-state index in [1.165, 1.54) is 37.9 Å². The molecule has 0 bridgehead atoms. The van der Waals surface area contributed by atoms with E-state index in [2.05, 4.69) is 121 Å². The van der Waals surface area contributed by atoms with Crippen LogP contribution in [0.4, 0.5) is 0 Å². The van der Waals surface area contributed by atoms with Gasteiger partial charge in [-0.3, -0.25) is 9.98 Å². The molecule has 0 fully saturated rings. The summed E-state index contributed by atoms with van der Waals surface area (Å²) in [4.78, 5) is 19.1. The van der Waals surface area contributed by atoms with E-state index in [1.807, 2.05) is 49.5 Å². The Balaban J connectivity index is 1.28. The number of fused-ring (bicyclic) bond motifs is 10. The molecule has 0 aliphatic carbocycles. The lowest BCUT2D eigenvalue weighted by Crippen LogP contribution is -1.92. The topological polar surface area (TPSA) is 51.0 Å². The van der Waals surface area contributed by atoms with Crippen molar-refractivity contribution in [1.29, 1.82) is 0 Å². The highest BCUT2D eigenvalue weighted by atomic mass is 14.8. The first-order valence-electron chi connectivity index (χ1n) is 16.4. The summed E-state index contributed by atoms with van der Waals surface area (Å²) in [6.45, 7) is 5.75. The highest BCUT2D eigenvalue weighted by molar-refractivity contribution is 6.27. The van der Waals surface area contributed by atoms with E-state index >= 15 is 0 Å². The Morgan fingerprint density at radius 1 is 0.592 bits per heavy atom. The first-order valence-corrected chi connectivity index (χ1v) is 16.4. The van der Waals surface area contributed by atoms with Crippen LogP contribution in [0.25, 0.3) is 93.1 Å². The number of hydrogen-bond donors (Lipinski definition) is 0. The van der Waals surface area contributed by atoms with Crippen molar-refractivity contribution in [3.8, 4) is 22.4 Å². The maximum atomic E-state index is 5.13. The van der Waals surface area contributed by atoms with Crippen LogP contribution >= 0.6 is 0 Å². The Morgan fingerprint density at radius 3 is 2.06 bits per heavy atom. The second kappa shape index (κ2) is 11.6. The second-order valence-corrected chi connectivity index (χ2v) is 12.3. The first-order chi connectivity index (χ1) is 24.2. The largest absolute Gasteiger partial charge is 0.262 e. The molecule has 49 heavy (non-hydrogen) atoms. The molecule has 4 heteroatoms. The summed E-state index contributed by atoms with van der Waals surface area (Å²) in [6.07, 6.45) is 7.71. The predicted molar refractivity (Wildman–Crippen MR) is 208 cm³/mol. The van der Waals surface area contributed by atoms with Gasteiger partial charge in [0.15, 0.2) is 0 Å². The fourth-order valence-corrected chi connectivity index (χ4v) is 7.22. The molecule has 3 aromatic heterocycles. The van der Waals surface area contributed by atoms with E-state index in [4.69, 9.17) is 15.0 Å². The van der Waals surface area contributed by atoms with E-state index in [9.17, 15) is 0 Å². The molecule has 0 aliphatic rings. The van der Waals surface area contributed by atoms with Crippen LogP contribution in [-0.2, 0) is 0 Å². The molecule has 6 aromatic carbocycles. The van der Waals surface area contributed by atoms with E-state index in [0.29, 0.717) is 0 Å². The first kappa shape index (κ1) is 28.7. The lowest BCUT2D eigenvalue weighted by atomic mass is 9.89. The second-order valence-electron chi connectivity index (χ2n) is 12.3. The maximum absolute atomic E-state index is 5.13. The molecule has 230 valence electrons. The third-order valence-electron chi connectivity index (χ3n) is 9.47. The zero-order chi connectivity index (χ0) is 32.9. The summed E-state index contributed by atoms with van der Waals surface area (Å²) < 4.78 is 0. The Labute approximate surface area is 283 Å². The normalized spacial score (nSPS) is 12.3. The minimum absolute atomic E-state index is 0.743. The van der Waals surface area contributed by atoms with Crippen molar-refractivity contribution >= 4 is 77.4 Å². The summed E-state index contributed by atoms with van der Waals surface area (Å²) in [5.74, 6) is 0. The SMILES string of the molecule is C=N/C(=C\C=C/C)c1cccc(-c2ccc3c4ccc(-c5c6ccccc6nc6c5ccc5cccnc56)cc4c4ccccc4c3c2)n1. The molecule has 0 aliphatic heterocycles. The predicted octanol–water partition coefficient (Wildman–Crippen LogP) is 11.7. The van der Waals surface area contributed by atoms with Crippen LogP contribution in [0, 0.1) is 0 Å². The van der Waals surface area contributed by atoms with Crippen LogP contribution in [0.2, 0.25) is 0 Å². The van der Waals surface area contributed by atoms with Crippen LogP contribution in [0.5, 0.6) is 0 Å². The van der Waals surface area contributed by atoms with Gasteiger partial charge in [-0.15, -0.1) is 0 Å². The third kappa shape index (κ3) is 4.68. The number of rotatable bonds is 5.